The highest BCUT2D eigenvalue weighted by Crippen LogP contribution is 2.51. The van der Waals surface area contributed by atoms with Crippen molar-refractivity contribution in [3.8, 4) is 23.2 Å². The van der Waals surface area contributed by atoms with E-state index in [1.807, 2.05) is 103 Å². The molecule has 208 valence electrons. The van der Waals surface area contributed by atoms with Crippen LogP contribution in [0.2, 0.25) is 0 Å². The van der Waals surface area contributed by atoms with Crippen molar-refractivity contribution < 1.29 is 14.3 Å². The van der Waals surface area contributed by atoms with Crippen LogP contribution in [0.15, 0.2) is 96.4 Å². The summed E-state index contributed by atoms with van der Waals surface area (Å²) in [4.78, 5) is 15.2. The summed E-state index contributed by atoms with van der Waals surface area (Å²) in [7, 11) is 1.67. The summed E-state index contributed by atoms with van der Waals surface area (Å²) in [5.41, 5.74) is 6.70. The molecule has 0 spiro atoms. The molecule has 6 aromatic rings. The summed E-state index contributed by atoms with van der Waals surface area (Å²) in [6.07, 6.45) is 1.60. The fourth-order valence-corrected chi connectivity index (χ4v) is 5.36. The number of oxime groups is 1. The molecule has 4 heterocycles. The molecule has 0 saturated heterocycles. The first-order valence-corrected chi connectivity index (χ1v) is 13.5. The zero-order valence-electron chi connectivity index (χ0n) is 23.3. The molecule has 1 aliphatic heterocycles. The van der Waals surface area contributed by atoms with E-state index in [1.165, 1.54) is 0 Å². The molecule has 7 rings (SSSR count). The van der Waals surface area contributed by atoms with Gasteiger partial charge in [-0.3, -0.25) is 0 Å². The van der Waals surface area contributed by atoms with Crippen LogP contribution in [-0.2, 0) is 11.4 Å². The molecular formula is C32H27N7O3. The van der Waals surface area contributed by atoms with Crippen molar-refractivity contribution in [2.45, 2.75) is 26.4 Å². The van der Waals surface area contributed by atoms with Crippen molar-refractivity contribution in [1.82, 2.24) is 29.4 Å². The summed E-state index contributed by atoms with van der Waals surface area (Å²) in [6, 6.07) is 27.7. The maximum Gasteiger partial charge on any atom is 0.230 e. The smallest absolute Gasteiger partial charge is 0.230 e. The van der Waals surface area contributed by atoms with E-state index in [1.54, 1.807) is 18.0 Å². The van der Waals surface area contributed by atoms with Gasteiger partial charge in [0.15, 0.2) is 18.1 Å². The number of rotatable bonds is 7. The van der Waals surface area contributed by atoms with Gasteiger partial charge in [-0.2, -0.15) is 5.10 Å². The summed E-state index contributed by atoms with van der Waals surface area (Å²) >= 11 is 0. The van der Waals surface area contributed by atoms with E-state index in [4.69, 9.17) is 24.4 Å². The molecule has 0 N–H and O–H groups in total. The summed E-state index contributed by atoms with van der Waals surface area (Å²) in [6.45, 7) is 3.98. The highest BCUT2D eigenvalue weighted by atomic mass is 16.6. The van der Waals surface area contributed by atoms with Crippen molar-refractivity contribution in [2.75, 3.05) is 7.11 Å². The minimum absolute atomic E-state index is 0.0943. The lowest BCUT2D eigenvalue weighted by molar-refractivity contribution is 0.125. The fraction of sp³-hybridized carbons (Fsp3) is 0.156. The van der Waals surface area contributed by atoms with E-state index < -0.39 is 0 Å². The lowest BCUT2D eigenvalue weighted by Crippen LogP contribution is -2.16. The lowest BCUT2D eigenvalue weighted by Gasteiger charge is -2.27. The Labute approximate surface area is 241 Å². The second kappa shape index (κ2) is 10.5. The molecule has 10 nitrogen and oxygen atoms in total. The number of methoxy groups -OCH3 is 1. The Balaban J connectivity index is 1.34. The Morgan fingerprint density at radius 3 is 2.45 bits per heavy atom. The Morgan fingerprint density at radius 2 is 1.67 bits per heavy atom. The third kappa shape index (κ3) is 4.33. The number of nitrogens with zero attached hydrogens (tertiary/aromatic N) is 7. The van der Waals surface area contributed by atoms with E-state index in [2.05, 4.69) is 15.2 Å². The zero-order chi connectivity index (χ0) is 28.6. The van der Waals surface area contributed by atoms with Gasteiger partial charge in [0, 0.05) is 5.56 Å². The van der Waals surface area contributed by atoms with Crippen LogP contribution < -0.4 is 9.47 Å². The van der Waals surface area contributed by atoms with Crippen LogP contribution in [0, 0.1) is 6.92 Å². The molecule has 10 heteroatoms. The minimum Gasteiger partial charge on any atom is -0.496 e. The van der Waals surface area contributed by atoms with Crippen molar-refractivity contribution in [3.63, 3.8) is 0 Å². The molecule has 0 radical (unpaired) electrons. The lowest BCUT2D eigenvalue weighted by atomic mass is 9.84. The summed E-state index contributed by atoms with van der Waals surface area (Å²) in [5, 5.41) is 13.8. The zero-order valence-corrected chi connectivity index (χ0v) is 23.3. The van der Waals surface area contributed by atoms with Gasteiger partial charge in [-0.1, -0.05) is 71.9 Å². The largest absolute Gasteiger partial charge is 0.496 e. The van der Waals surface area contributed by atoms with Gasteiger partial charge in [-0.05, 0) is 37.6 Å². The SMILES string of the molecule is COc1ccccc1[C@H]1c2c(C)nn(-c3ccccc3)c2Oc2ncn3nc(CO/N=C(/C)c4ccccc4)nc3c21. The van der Waals surface area contributed by atoms with Crippen LogP contribution in [0.4, 0.5) is 0 Å². The molecule has 0 unspecified atom stereocenters. The van der Waals surface area contributed by atoms with Gasteiger partial charge in [-0.15, -0.1) is 5.10 Å². The predicted octanol–water partition coefficient (Wildman–Crippen LogP) is 5.85. The number of aryl methyl sites for hydroxylation is 1. The fourth-order valence-electron chi connectivity index (χ4n) is 5.36. The Morgan fingerprint density at radius 1 is 0.929 bits per heavy atom. The van der Waals surface area contributed by atoms with Crippen LogP contribution in [0.1, 0.15) is 46.6 Å². The van der Waals surface area contributed by atoms with Crippen molar-refractivity contribution in [1.29, 1.82) is 0 Å². The van der Waals surface area contributed by atoms with Crippen molar-refractivity contribution in [2.24, 2.45) is 5.16 Å². The Hall–Kier alpha value is -5.51. The molecule has 0 amide bonds. The first-order valence-electron chi connectivity index (χ1n) is 13.5. The van der Waals surface area contributed by atoms with Gasteiger partial charge in [0.1, 0.15) is 12.1 Å². The van der Waals surface area contributed by atoms with E-state index in [9.17, 15) is 0 Å². The number of fused-ring (bicyclic) bond motifs is 4. The van der Waals surface area contributed by atoms with E-state index in [0.717, 1.165) is 45.1 Å². The topological polar surface area (TPSA) is 101 Å². The molecule has 42 heavy (non-hydrogen) atoms. The molecule has 0 fully saturated rings. The van der Waals surface area contributed by atoms with E-state index >= 15 is 0 Å². The third-order valence-corrected chi connectivity index (χ3v) is 7.30. The van der Waals surface area contributed by atoms with Gasteiger partial charge in [-0.25, -0.2) is 19.2 Å². The maximum absolute atomic E-state index is 6.50. The van der Waals surface area contributed by atoms with Gasteiger partial charge in [0.05, 0.1) is 41.2 Å². The number of hydrogen-bond donors (Lipinski definition) is 0. The molecule has 0 bridgehead atoms. The predicted molar refractivity (Wildman–Crippen MR) is 157 cm³/mol. The first-order chi connectivity index (χ1) is 20.6. The van der Waals surface area contributed by atoms with Gasteiger partial charge in [0.2, 0.25) is 11.8 Å². The standard InChI is InChI=1S/C32H27N7O3/c1-20(22-12-6-4-7-13-22)37-41-18-26-34-30-29-28(24-16-10-11-17-25(24)40-3)27-21(2)35-39(23-14-8-5-9-15-23)32(27)42-31(29)33-19-38(30)36-26/h4-17,19,28H,18H2,1-3H3/b37-20-/t28-/m0/s1. The quantitative estimate of drug-likeness (QED) is 0.179. The van der Waals surface area contributed by atoms with Crippen LogP contribution in [0.25, 0.3) is 11.3 Å². The molecule has 3 aromatic carbocycles. The highest BCUT2D eigenvalue weighted by Gasteiger charge is 2.39. The minimum atomic E-state index is -0.329. The van der Waals surface area contributed by atoms with Crippen LogP contribution >= 0.6 is 0 Å². The van der Waals surface area contributed by atoms with Crippen molar-refractivity contribution in [3.05, 3.63) is 125 Å². The van der Waals surface area contributed by atoms with E-state index in [-0.39, 0.29) is 12.5 Å². The first kappa shape index (κ1) is 25.5. The van der Waals surface area contributed by atoms with E-state index in [0.29, 0.717) is 23.2 Å². The Kier molecular flexibility index (Phi) is 6.35. The van der Waals surface area contributed by atoms with Gasteiger partial charge >= 0.3 is 0 Å². The van der Waals surface area contributed by atoms with Gasteiger partial charge in [0.25, 0.3) is 0 Å². The highest BCUT2D eigenvalue weighted by molar-refractivity contribution is 5.98. The van der Waals surface area contributed by atoms with Crippen molar-refractivity contribution >= 4 is 11.4 Å². The number of aromatic nitrogens is 6. The molecule has 3 aromatic heterocycles. The van der Waals surface area contributed by atoms with Gasteiger partial charge < -0.3 is 14.3 Å². The number of ether oxygens (including phenoxy) is 2. The second-order valence-electron chi connectivity index (χ2n) is 9.90. The number of para-hydroxylation sites is 2. The van der Waals surface area contributed by atoms with Crippen LogP contribution in [0.5, 0.6) is 17.5 Å². The molecule has 1 aliphatic rings. The maximum atomic E-state index is 6.50. The monoisotopic (exact) mass is 557 g/mol. The molecular weight excluding hydrogens is 530 g/mol. The second-order valence-corrected chi connectivity index (χ2v) is 9.90. The molecule has 0 aliphatic carbocycles. The number of hydrogen-bond acceptors (Lipinski definition) is 8. The summed E-state index contributed by atoms with van der Waals surface area (Å²) < 4.78 is 15.8. The molecule has 1 atom stereocenters. The van der Waals surface area contributed by atoms with Crippen LogP contribution in [-0.4, -0.2) is 42.2 Å². The average molecular weight is 558 g/mol. The average Bonchev–Trinajstić information content (AvgIpc) is 3.61. The third-order valence-electron chi connectivity index (χ3n) is 7.30. The number of benzene rings is 3. The summed E-state index contributed by atoms with van der Waals surface area (Å²) in [5.74, 6) is 1.92. The Bertz CT molecular complexity index is 1930. The van der Waals surface area contributed by atoms with Crippen LogP contribution in [0.3, 0.4) is 0 Å². The molecule has 0 saturated carbocycles. The normalized spacial score (nSPS) is 14.3.